The zero-order chi connectivity index (χ0) is 46.7. The number of aliphatic hydroxyl groups is 1. The average Bonchev–Trinajstić information content (AvgIpc) is 3.32. The van der Waals surface area contributed by atoms with E-state index in [4.69, 9.17) is 27.6 Å². The van der Waals surface area contributed by atoms with E-state index in [0.29, 0.717) is 19.0 Å². The lowest BCUT2D eigenvalue weighted by Crippen LogP contribution is -2.67. The van der Waals surface area contributed by atoms with Gasteiger partial charge in [0.25, 0.3) is 18.4 Å². The molecule has 0 amide bonds. The van der Waals surface area contributed by atoms with Gasteiger partial charge >= 0.3 is 0 Å². The third kappa shape index (κ3) is 15.6. The van der Waals surface area contributed by atoms with Crippen LogP contribution in [0.4, 0.5) is 0 Å². The van der Waals surface area contributed by atoms with Crippen LogP contribution in [0.1, 0.15) is 43.0 Å². The van der Waals surface area contributed by atoms with E-state index in [9.17, 15) is 13.5 Å². The molecule has 6 aromatic rings. The van der Waals surface area contributed by atoms with Crippen molar-refractivity contribution >= 4 is 40.6 Å². The lowest BCUT2D eigenvalue weighted by atomic mass is 10.1. The highest BCUT2D eigenvalue weighted by Crippen LogP contribution is 2.37. The summed E-state index contributed by atoms with van der Waals surface area (Å²) in [6.07, 6.45) is -3.34. The molecule has 0 aliphatic carbocycles. The molecule has 6 aromatic carbocycles. The Labute approximate surface area is 397 Å². The van der Waals surface area contributed by atoms with Gasteiger partial charge in [-0.05, 0) is 37.7 Å². The molecule has 5 atom stereocenters. The van der Waals surface area contributed by atoms with Gasteiger partial charge in [-0.3, -0.25) is 4.18 Å². The molecule has 6 rings (SSSR count). The fourth-order valence-electron chi connectivity index (χ4n) is 7.93. The lowest BCUT2D eigenvalue weighted by molar-refractivity contribution is -0.124. The van der Waals surface area contributed by atoms with Gasteiger partial charge in [0.15, 0.2) is 0 Å². The first-order chi connectivity index (χ1) is 31.9. The second-order valence-corrected chi connectivity index (χ2v) is 24.3. The van der Waals surface area contributed by atoms with E-state index in [1.165, 1.54) is 11.8 Å². The van der Waals surface area contributed by atoms with Gasteiger partial charge in [0.05, 0.1) is 58.1 Å². The van der Waals surface area contributed by atoms with Crippen LogP contribution in [-0.2, 0) is 64.1 Å². The van der Waals surface area contributed by atoms with Gasteiger partial charge < -0.3 is 28.5 Å². The summed E-state index contributed by atoms with van der Waals surface area (Å²) < 4.78 is 66.3. The molecule has 0 bridgehead atoms. The Kier molecular flexibility index (Phi) is 19.8. The van der Waals surface area contributed by atoms with E-state index < -0.39 is 54.0 Å². The Morgan fingerprint density at radius 2 is 0.909 bits per heavy atom. The Balaban J connectivity index is 1.31. The Morgan fingerprint density at radius 3 is 1.33 bits per heavy atom. The molecule has 66 heavy (non-hydrogen) atoms. The summed E-state index contributed by atoms with van der Waals surface area (Å²) in [7, 11) is -7.24. The van der Waals surface area contributed by atoms with E-state index in [0.717, 1.165) is 38.9 Å². The van der Waals surface area contributed by atoms with Crippen molar-refractivity contribution in [3.63, 3.8) is 0 Å². The molecule has 0 spiro atoms. The van der Waals surface area contributed by atoms with E-state index >= 15 is 0 Å². The van der Waals surface area contributed by atoms with E-state index in [1.807, 2.05) is 158 Å². The molecule has 0 fully saturated rings. The Hall–Kier alpha value is -4.44. The van der Waals surface area contributed by atoms with Crippen LogP contribution in [0.25, 0.3) is 0 Å². The monoisotopic (exact) mass is 948 g/mol. The fourth-order valence-corrected chi connectivity index (χ4v) is 14.2. The minimum Gasteiger partial charge on any atom is -0.405 e. The van der Waals surface area contributed by atoms with Crippen molar-refractivity contribution in [1.82, 2.24) is 0 Å². The van der Waals surface area contributed by atoms with Crippen LogP contribution in [0.3, 0.4) is 0 Å². The van der Waals surface area contributed by atoms with Crippen molar-refractivity contribution < 1.29 is 41.1 Å². The first-order valence-electron chi connectivity index (χ1n) is 22.4. The summed E-state index contributed by atoms with van der Waals surface area (Å²) in [5.41, 5.74) is 3.83. The molecule has 350 valence electrons. The van der Waals surface area contributed by atoms with Gasteiger partial charge in [0.1, 0.15) is 18.3 Å². The van der Waals surface area contributed by atoms with Crippen LogP contribution < -0.4 is 10.4 Å². The van der Waals surface area contributed by atoms with Crippen molar-refractivity contribution in [2.24, 2.45) is 0 Å². The second kappa shape index (κ2) is 25.6. The lowest BCUT2D eigenvalue weighted by Gasteiger charge is -2.44. The van der Waals surface area contributed by atoms with E-state index in [2.05, 4.69) is 45.0 Å². The van der Waals surface area contributed by atoms with Gasteiger partial charge in [-0.1, -0.05) is 203 Å². The molecule has 1 N–H and O–H groups in total. The Bertz CT molecular complexity index is 2320. The SMILES string of the molecule is CC(C)(C)[Si](OC[C@H](OS(C)(=O)=O)[C@@H](OCc1ccccc1)[C@H](CSC[C@@H](O)[C@H](COCc1ccccc1)OCc1ccccc1)OCc1ccccc1)(c1ccccc1)c1ccccc1. The number of thioether (sulfide) groups is 1. The van der Waals surface area contributed by atoms with E-state index in [1.54, 1.807) is 0 Å². The third-order valence-corrected chi connectivity index (χ3v) is 17.9. The number of benzene rings is 6. The molecule has 0 heterocycles. The highest BCUT2D eigenvalue weighted by molar-refractivity contribution is 7.99. The summed E-state index contributed by atoms with van der Waals surface area (Å²) in [4.78, 5) is 0. The summed E-state index contributed by atoms with van der Waals surface area (Å²) in [6.45, 7) is 7.62. The summed E-state index contributed by atoms with van der Waals surface area (Å²) >= 11 is 1.46. The van der Waals surface area contributed by atoms with Crippen molar-refractivity contribution in [2.45, 2.75) is 82.8 Å². The van der Waals surface area contributed by atoms with Crippen LogP contribution in [0.15, 0.2) is 182 Å². The van der Waals surface area contributed by atoms with Crippen LogP contribution in [-0.4, -0.2) is 83.3 Å². The molecule has 0 aliphatic rings. The molecule has 9 nitrogen and oxygen atoms in total. The summed E-state index contributed by atoms with van der Waals surface area (Å²) in [5.74, 6) is 0.573. The molecular weight excluding hydrogens is 885 g/mol. The minimum atomic E-state index is -4.07. The van der Waals surface area contributed by atoms with Crippen molar-refractivity contribution in [1.29, 1.82) is 0 Å². The smallest absolute Gasteiger partial charge is 0.264 e. The zero-order valence-corrected chi connectivity index (χ0v) is 41.0. The largest absolute Gasteiger partial charge is 0.405 e. The van der Waals surface area contributed by atoms with Gasteiger partial charge in [-0.25, -0.2) is 0 Å². The molecule has 0 saturated carbocycles. The normalized spacial score (nSPS) is 14.6. The first-order valence-corrected chi connectivity index (χ1v) is 27.3. The zero-order valence-electron chi connectivity index (χ0n) is 38.4. The fraction of sp³-hybridized carbons (Fsp3) is 0.333. The van der Waals surface area contributed by atoms with Crippen molar-refractivity contribution in [2.75, 3.05) is 31.0 Å². The molecule has 12 heteroatoms. The summed E-state index contributed by atoms with van der Waals surface area (Å²) in [6, 6.07) is 59.7. The maximum absolute atomic E-state index is 13.4. The minimum absolute atomic E-state index is 0.119. The topological polar surface area (TPSA) is 110 Å². The molecule has 0 aliphatic heterocycles. The predicted octanol–water partition coefficient (Wildman–Crippen LogP) is 8.97. The number of ether oxygens (including phenoxy) is 4. The molecule has 0 saturated heterocycles. The predicted molar refractivity (Wildman–Crippen MR) is 268 cm³/mol. The molecule has 0 aromatic heterocycles. The van der Waals surface area contributed by atoms with Crippen molar-refractivity contribution in [3.05, 3.63) is 204 Å². The quantitative estimate of drug-likeness (QED) is 0.0397. The second-order valence-electron chi connectivity index (χ2n) is 17.3. The first kappa shape index (κ1) is 51.0. The van der Waals surface area contributed by atoms with Crippen LogP contribution in [0.2, 0.25) is 5.04 Å². The molecule has 0 radical (unpaired) electrons. The molecular formula is C54H64O9S2Si. The number of hydrogen-bond acceptors (Lipinski definition) is 10. The third-order valence-electron chi connectivity index (χ3n) is 11.2. The van der Waals surface area contributed by atoms with Gasteiger partial charge in [0.2, 0.25) is 0 Å². The number of hydrogen-bond donors (Lipinski definition) is 1. The van der Waals surface area contributed by atoms with Gasteiger partial charge in [-0.2, -0.15) is 20.2 Å². The maximum atomic E-state index is 13.4. The van der Waals surface area contributed by atoms with E-state index in [-0.39, 0.29) is 32.2 Å². The highest BCUT2D eigenvalue weighted by atomic mass is 32.2. The van der Waals surface area contributed by atoms with Gasteiger partial charge in [0, 0.05) is 11.5 Å². The highest BCUT2D eigenvalue weighted by Gasteiger charge is 2.51. The van der Waals surface area contributed by atoms with Crippen LogP contribution in [0.5, 0.6) is 0 Å². The Morgan fingerprint density at radius 1 is 0.515 bits per heavy atom. The number of rotatable bonds is 27. The van der Waals surface area contributed by atoms with Gasteiger partial charge in [-0.15, -0.1) is 0 Å². The molecule has 0 unspecified atom stereocenters. The average molecular weight is 949 g/mol. The summed E-state index contributed by atoms with van der Waals surface area (Å²) in [5, 5.41) is 13.5. The van der Waals surface area contributed by atoms with Crippen molar-refractivity contribution in [3.8, 4) is 0 Å². The maximum Gasteiger partial charge on any atom is 0.264 e. The standard InChI is InChI=1S/C54H64O9S2Si/c1-54(2,3)66(47-31-19-9-20-32-47,48-33-21-10-22-34-48)62-40-51(63-65(4,56)57)53(61-38-46-29-17-8-18-30-46)52(60-37-45-27-15-7-16-28-45)42-64-41-49(55)50(59-36-44-25-13-6-14-26-44)39-58-35-43-23-11-5-12-24-43/h5-34,49-53,55H,35-42H2,1-4H3/t49-,50+,51+,52+,53-/m1/s1. The van der Waals surface area contributed by atoms with Crippen LogP contribution in [0, 0.1) is 0 Å². The number of aliphatic hydroxyl groups excluding tert-OH is 1. The van der Waals surface area contributed by atoms with Crippen LogP contribution >= 0.6 is 11.8 Å².